The fourth-order valence-electron chi connectivity index (χ4n) is 3.87. The van der Waals surface area contributed by atoms with Gasteiger partial charge in [0, 0.05) is 19.2 Å². The van der Waals surface area contributed by atoms with Gasteiger partial charge in [0.25, 0.3) is 0 Å². The van der Waals surface area contributed by atoms with Gasteiger partial charge in [-0.15, -0.1) is 0 Å². The Morgan fingerprint density at radius 1 is 1.00 bits per heavy atom. The molecular formula is C28H31N3O4. The summed E-state index contributed by atoms with van der Waals surface area (Å²) < 4.78 is 16.7. The fraction of sp³-hybridized carbons (Fsp3) is 0.286. The lowest BCUT2D eigenvalue weighted by molar-refractivity contribution is 0.208. The van der Waals surface area contributed by atoms with Crippen LogP contribution in [0.15, 0.2) is 72.4 Å². The number of nitrogens with zero attached hydrogens (tertiary/aromatic N) is 2. The van der Waals surface area contributed by atoms with Crippen molar-refractivity contribution in [2.75, 3.05) is 38.7 Å². The largest absolute Gasteiger partial charge is 0.490 e. The van der Waals surface area contributed by atoms with Crippen LogP contribution in [0.4, 0.5) is 10.5 Å². The Kier molecular flexibility index (Phi) is 8.22. The van der Waals surface area contributed by atoms with E-state index in [2.05, 4.69) is 22.4 Å². The molecule has 3 aromatic rings. The number of hydrogen-bond donors (Lipinski definition) is 1. The van der Waals surface area contributed by atoms with Gasteiger partial charge < -0.3 is 24.4 Å². The van der Waals surface area contributed by atoms with Crippen molar-refractivity contribution >= 4 is 17.8 Å². The molecule has 4 rings (SSSR count). The maximum atomic E-state index is 12.6. The number of pyridine rings is 1. The van der Waals surface area contributed by atoms with Crippen LogP contribution >= 0.6 is 0 Å². The second-order valence-electron chi connectivity index (χ2n) is 8.39. The number of urea groups is 1. The van der Waals surface area contributed by atoms with Gasteiger partial charge in [-0.25, -0.2) is 9.78 Å². The Hall–Kier alpha value is -4.00. The molecule has 2 heterocycles. The normalized spacial score (nSPS) is 13.2. The number of amides is 2. The molecule has 0 radical (unpaired) electrons. The highest BCUT2D eigenvalue weighted by molar-refractivity contribution is 5.89. The van der Waals surface area contributed by atoms with Gasteiger partial charge in [-0.3, -0.25) is 0 Å². The number of methoxy groups -OCH3 is 1. The minimum Gasteiger partial charge on any atom is -0.490 e. The Morgan fingerprint density at radius 3 is 2.37 bits per heavy atom. The number of hydrogen-bond acceptors (Lipinski definition) is 5. The highest BCUT2D eigenvalue weighted by Crippen LogP contribution is 2.23. The first-order valence-electron chi connectivity index (χ1n) is 11.8. The third kappa shape index (κ3) is 7.24. The minimum absolute atomic E-state index is 0.112. The summed E-state index contributed by atoms with van der Waals surface area (Å²) in [5.74, 6) is 2.19. The van der Waals surface area contributed by atoms with Crippen molar-refractivity contribution in [1.29, 1.82) is 0 Å². The summed E-state index contributed by atoms with van der Waals surface area (Å²) in [5.41, 5.74) is 4.24. The Bertz CT molecular complexity index is 1150. The van der Waals surface area contributed by atoms with Crippen molar-refractivity contribution in [2.24, 2.45) is 0 Å². The Labute approximate surface area is 206 Å². The molecule has 35 heavy (non-hydrogen) atoms. The van der Waals surface area contributed by atoms with Crippen LogP contribution < -0.4 is 19.5 Å². The Balaban J connectivity index is 1.23. The van der Waals surface area contributed by atoms with E-state index in [0.717, 1.165) is 29.9 Å². The summed E-state index contributed by atoms with van der Waals surface area (Å²) in [6, 6.07) is 19.4. The van der Waals surface area contributed by atoms with Gasteiger partial charge in [-0.1, -0.05) is 35.9 Å². The smallest absolute Gasteiger partial charge is 0.321 e. The predicted molar refractivity (Wildman–Crippen MR) is 137 cm³/mol. The number of aryl methyl sites for hydroxylation is 1. The van der Waals surface area contributed by atoms with E-state index in [1.807, 2.05) is 54.3 Å². The van der Waals surface area contributed by atoms with E-state index in [1.54, 1.807) is 25.4 Å². The quantitative estimate of drug-likeness (QED) is 0.433. The number of ether oxygens (including phenoxy) is 3. The molecule has 2 aromatic carbocycles. The second kappa shape index (κ2) is 11.9. The molecule has 1 N–H and O–H groups in total. The predicted octanol–water partition coefficient (Wildman–Crippen LogP) is 5.57. The van der Waals surface area contributed by atoms with E-state index in [9.17, 15) is 4.79 Å². The summed E-state index contributed by atoms with van der Waals surface area (Å²) in [4.78, 5) is 18.5. The second-order valence-corrected chi connectivity index (χ2v) is 8.39. The van der Waals surface area contributed by atoms with Crippen molar-refractivity contribution < 1.29 is 19.0 Å². The molecule has 0 aliphatic carbocycles. The fourth-order valence-corrected chi connectivity index (χ4v) is 3.87. The van der Waals surface area contributed by atoms with Crippen molar-refractivity contribution in [2.45, 2.75) is 19.8 Å². The van der Waals surface area contributed by atoms with Crippen LogP contribution in [0.2, 0.25) is 0 Å². The Morgan fingerprint density at radius 2 is 1.71 bits per heavy atom. The molecule has 0 spiro atoms. The van der Waals surface area contributed by atoms with Gasteiger partial charge in [-0.2, -0.15) is 0 Å². The van der Waals surface area contributed by atoms with Crippen LogP contribution in [0.3, 0.4) is 0 Å². The van der Waals surface area contributed by atoms with Gasteiger partial charge in [0.15, 0.2) is 0 Å². The van der Waals surface area contributed by atoms with Gasteiger partial charge in [0.1, 0.15) is 24.7 Å². The van der Waals surface area contributed by atoms with E-state index in [0.29, 0.717) is 37.9 Å². The maximum absolute atomic E-state index is 12.6. The molecule has 0 bridgehead atoms. The van der Waals surface area contributed by atoms with Crippen LogP contribution in [0.25, 0.3) is 6.08 Å². The average molecular weight is 474 g/mol. The first-order valence-corrected chi connectivity index (χ1v) is 11.8. The third-order valence-electron chi connectivity index (χ3n) is 5.73. The zero-order chi connectivity index (χ0) is 24.5. The van der Waals surface area contributed by atoms with Crippen LogP contribution in [0.5, 0.6) is 17.4 Å². The van der Waals surface area contributed by atoms with Gasteiger partial charge in [0.05, 0.1) is 19.0 Å². The first-order chi connectivity index (χ1) is 17.1. The highest BCUT2D eigenvalue weighted by Gasteiger charge is 2.19. The molecule has 182 valence electrons. The lowest BCUT2D eigenvalue weighted by Crippen LogP contribution is -2.39. The first kappa shape index (κ1) is 24.1. The van der Waals surface area contributed by atoms with Crippen LogP contribution in [-0.4, -0.2) is 49.3 Å². The van der Waals surface area contributed by atoms with E-state index in [1.165, 1.54) is 11.1 Å². The van der Waals surface area contributed by atoms with E-state index in [-0.39, 0.29) is 6.03 Å². The average Bonchev–Trinajstić information content (AvgIpc) is 2.88. The topological polar surface area (TPSA) is 72.9 Å². The molecule has 1 aliphatic heterocycles. The molecule has 0 saturated carbocycles. The minimum atomic E-state index is -0.112. The number of piperidine rings is 1. The van der Waals surface area contributed by atoms with Crippen LogP contribution in [0, 0.1) is 6.92 Å². The van der Waals surface area contributed by atoms with Gasteiger partial charge in [-0.05, 0) is 61.2 Å². The lowest BCUT2D eigenvalue weighted by atomic mass is 10.0. The van der Waals surface area contributed by atoms with Crippen molar-refractivity contribution in [3.63, 3.8) is 0 Å². The molecule has 1 fully saturated rings. The molecule has 1 saturated heterocycles. The number of rotatable bonds is 8. The number of benzene rings is 2. The standard InChI is InChI=1S/C28H31N3O4/c1-21-5-3-7-25(17-21)34-15-16-35-26-8-4-6-23(19-26)18-22-11-13-31(14-12-22)28(32)30-24-9-10-27(33-2)29-20-24/h3-10,17-20H,11-16H2,1-2H3,(H,30,32). The lowest BCUT2D eigenvalue weighted by Gasteiger charge is -2.28. The molecule has 0 unspecified atom stereocenters. The summed E-state index contributed by atoms with van der Waals surface area (Å²) in [6.45, 7) is 4.35. The summed E-state index contributed by atoms with van der Waals surface area (Å²) in [5, 5.41) is 2.90. The monoisotopic (exact) mass is 473 g/mol. The van der Waals surface area contributed by atoms with Gasteiger partial charge >= 0.3 is 6.03 Å². The molecule has 0 atom stereocenters. The molecular weight excluding hydrogens is 442 g/mol. The van der Waals surface area contributed by atoms with Crippen molar-refractivity contribution in [1.82, 2.24) is 9.88 Å². The maximum Gasteiger partial charge on any atom is 0.321 e. The molecule has 7 heteroatoms. The number of likely N-dealkylation sites (tertiary alicyclic amines) is 1. The van der Waals surface area contributed by atoms with E-state index < -0.39 is 0 Å². The molecule has 7 nitrogen and oxygen atoms in total. The summed E-state index contributed by atoms with van der Waals surface area (Å²) in [7, 11) is 1.56. The van der Waals surface area contributed by atoms with Crippen LogP contribution in [-0.2, 0) is 0 Å². The number of aromatic nitrogens is 1. The number of nitrogens with one attached hydrogen (secondary N) is 1. The van der Waals surface area contributed by atoms with Crippen molar-refractivity contribution in [3.8, 4) is 17.4 Å². The van der Waals surface area contributed by atoms with Crippen molar-refractivity contribution in [3.05, 3.63) is 83.6 Å². The number of carbonyl (C=O) groups is 1. The third-order valence-corrected chi connectivity index (χ3v) is 5.73. The summed E-state index contributed by atoms with van der Waals surface area (Å²) >= 11 is 0. The molecule has 1 aliphatic rings. The van der Waals surface area contributed by atoms with E-state index in [4.69, 9.17) is 14.2 Å². The zero-order valence-corrected chi connectivity index (χ0v) is 20.2. The van der Waals surface area contributed by atoms with E-state index >= 15 is 0 Å². The molecule has 1 aromatic heterocycles. The SMILES string of the molecule is COc1ccc(NC(=O)N2CCC(=Cc3cccc(OCCOc4cccc(C)c4)c3)CC2)cn1. The molecule has 2 amide bonds. The van der Waals surface area contributed by atoms with Crippen LogP contribution in [0.1, 0.15) is 24.0 Å². The zero-order valence-electron chi connectivity index (χ0n) is 20.2. The highest BCUT2D eigenvalue weighted by atomic mass is 16.5. The number of anilines is 1. The van der Waals surface area contributed by atoms with Gasteiger partial charge in [0.2, 0.25) is 5.88 Å². The summed E-state index contributed by atoms with van der Waals surface area (Å²) in [6.07, 6.45) is 5.46. The number of carbonyl (C=O) groups excluding carboxylic acids is 1.